The molecule has 2 aromatic rings. The number of aromatic nitrogens is 2. The molecule has 0 aromatic carbocycles. The van der Waals surface area contributed by atoms with E-state index in [1.165, 1.54) is 5.56 Å². The van der Waals surface area contributed by atoms with Crippen LogP contribution in [-0.2, 0) is 23.1 Å². The molecule has 3 heterocycles. The van der Waals surface area contributed by atoms with Gasteiger partial charge in [-0.05, 0) is 42.2 Å². The summed E-state index contributed by atoms with van der Waals surface area (Å²) in [4.78, 5) is 26.6. The molecule has 2 amide bonds. The Morgan fingerprint density at radius 1 is 1.46 bits per heavy atom. The van der Waals surface area contributed by atoms with Gasteiger partial charge in [-0.1, -0.05) is 6.92 Å². The number of likely N-dealkylation sites (tertiary alicyclic amines) is 1. The average Bonchev–Trinajstić information content (AvgIpc) is 3.27. The molecule has 0 spiro atoms. The van der Waals surface area contributed by atoms with E-state index >= 15 is 0 Å². The molecular weight excluding hydrogens is 324 g/mol. The van der Waals surface area contributed by atoms with Crippen molar-refractivity contribution in [2.24, 2.45) is 7.05 Å². The molecule has 24 heavy (non-hydrogen) atoms. The van der Waals surface area contributed by atoms with Crippen LogP contribution in [0.15, 0.2) is 22.9 Å². The second kappa shape index (κ2) is 6.76. The van der Waals surface area contributed by atoms with E-state index in [9.17, 15) is 9.59 Å². The maximum atomic E-state index is 12.5. The van der Waals surface area contributed by atoms with Crippen LogP contribution in [0.4, 0.5) is 5.82 Å². The molecule has 0 radical (unpaired) electrons. The van der Waals surface area contributed by atoms with Gasteiger partial charge < -0.3 is 10.2 Å². The van der Waals surface area contributed by atoms with Crippen molar-refractivity contribution in [3.05, 3.63) is 34.2 Å². The van der Waals surface area contributed by atoms with Gasteiger partial charge in [-0.25, -0.2) is 0 Å². The molecule has 128 valence electrons. The summed E-state index contributed by atoms with van der Waals surface area (Å²) >= 11 is 1.66. The van der Waals surface area contributed by atoms with Gasteiger partial charge >= 0.3 is 11.8 Å². The van der Waals surface area contributed by atoms with E-state index in [1.54, 1.807) is 34.0 Å². The molecule has 7 heteroatoms. The molecule has 1 aliphatic heterocycles. The average molecular weight is 346 g/mol. The van der Waals surface area contributed by atoms with Gasteiger partial charge in [0.1, 0.15) is 5.82 Å². The maximum absolute atomic E-state index is 12.5. The standard InChI is InChI=1S/C17H22N4O2S/c1-4-14-8-15(20(3)19-14)18-16(22)17(23)21-9-13(7-11(21)2)12-5-6-24-10-12/h5-6,8,10-11,13H,4,7,9H2,1-3H3,(H,18,22)/t11-,13-/m0/s1. The Labute approximate surface area is 145 Å². The highest BCUT2D eigenvalue weighted by molar-refractivity contribution is 7.08. The molecule has 2 aromatic heterocycles. The number of aryl methyl sites for hydroxylation is 2. The van der Waals surface area contributed by atoms with Crippen molar-refractivity contribution in [3.8, 4) is 0 Å². The third-order valence-electron chi connectivity index (χ3n) is 4.58. The Balaban J connectivity index is 1.67. The summed E-state index contributed by atoms with van der Waals surface area (Å²) in [6, 6.07) is 3.95. The van der Waals surface area contributed by atoms with Crippen molar-refractivity contribution >= 4 is 29.0 Å². The molecule has 0 unspecified atom stereocenters. The SMILES string of the molecule is CCc1cc(NC(=O)C(=O)N2C[C@@H](c3ccsc3)C[C@@H]2C)n(C)n1. The lowest BCUT2D eigenvalue weighted by molar-refractivity contribution is -0.143. The number of anilines is 1. The fourth-order valence-electron chi connectivity index (χ4n) is 3.18. The van der Waals surface area contributed by atoms with E-state index in [1.807, 2.05) is 19.2 Å². The van der Waals surface area contributed by atoms with Crippen molar-refractivity contribution in [2.75, 3.05) is 11.9 Å². The summed E-state index contributed by atoms with van der Waals surface area (Å²) in [5.41, 5.74) is 2.13. The predicted molar refractivity (Wildman–Crippen MR) is 94.1 cm³/mol. The molecule has 3 rings (SSSR count). The minimum Gasteiger partial charge on any atom is -0.331 e. The molecule has 1 saturated heterocycles. The molecule has 1 aliphatic rings. The third-order valence-corrected chi connectivity index (χ3v) is 5.28. The van der Waals surface area contributed by atoms with E-state index in [-0.39, 0.29) is 6.04 Å². The van der Waals surface area contributed by atoms with Crippen LogP contribution in [0, 0.1) is 0 Å². The number of thiophene rings is 1. The number of amides is 2. The lowest BCUT2D eigenvalue weighted by atomic mass is 10.00. The highest BCUT2D eigenvalue weighted by Gasteiger charge is 2.36. The van der Waals surface area contributed by atoms with Gasteiger partial charge in [0.15, 0.2) is 0 Å². The highest BCUT2D eigenvalue weighted by atomic mass is 32.1. The van der Waals surface area contributed by atoms with E-state index in [2.05, 4.69) is 21.9 Å². The fraction of sp³-hybridized carbons (Fsp3) is 0.471. The van der Waals surface area contributed by atoms with Crippen LogP contribution in [0.1, 0.15) is 37.4 Å². The molecular formula is C17H22N4O2S. The summed E-state index contributed by atoms with van der Waals surface area (Å²) in [7, 11) is 1.75. The van der Waals surface area contributed by atoms with Gasteiger partial charge in [0, 0.05) is 31.6 Å². The molecule has 1 fully saturated rings. The number of nitrogens with zero attached hydrogens (tertiary/aromatic N) is 3. The number of hydrogen-bond acceptors (Lipinski definition) is 4. The normalized spacial score (nSPS) is 20.4. The minimum absolute atomic E-state index is 0.0610. The maximum Gasteiger partial charge on any atom is 0.315 e. The Morgan fingerprint density at radius 3 is 2.88 bits per heavy atom. The monoisotopic (exact) mass is 346 g/mol. The first-order valence-corrected chi connectivity index (χ1v) is 9.10. The number of carbonyl (C=O) groups excluding carboxylic acids is 2. The molecule has 2 atom stereocenters. The van der Waals surface area contributed by atoms with Crippen LogP contribution in [0.3, 0.4) is 0 Å². The number of hydrogen-bond donors (Lipinski definition) is 1. The topological polar surface area (TPSA) is 67.2 Å². The predicted octanol–water partition coefficient (Wildman–Crippen LogP) is 2.39. The van der Waals surface area contributed by atoms with Crippen LogP contribution >= 0.6 is 11.3 Å². The fourth-order valence-corrected chi connectivity index (χ4v) is 3.92. The Kier molecular flexibility index (Phi) is 4.71. The Hall–Kier alpha value is -2.15. The quantitative estimate of drug-likeness (QED) is 0.868. The Bertz CT molecular complexity index is 738. The van der Waals surface area contributed by atoms with Crippen molar-refractivity contribution < 1.29 is 9.59 Å². The van der Waals surface area contributed by atoms with E-state index in [0.29, 0.717) is 18.3 Å². The largest absolute Gasteiger partial charge is 0.331 e. The van der Waals surface area contributed by atoms with Crippen LogP contribution in [0.25, 0.3) is 0 Å². The lowest BCUT2D eigenvalue weighted by Crippen LogP contribution is -2.41. The first-order chi connectivity index (χ1) is 11.5. The molecule has 0 bridgehead atoms. The first kappa shape index (κ1) is 16.7. The lowest BCUT2D eigenvalue weighted by Gasteiger charge is -2.20. The van der Waals surface area contributed by atoms with Crippen molar-refractivity contribution in [1.82, 2.24) is 14.7 Å². The van der Waals surface area contributed by atoms with Gasteiger partial charge in [0.2, 0.25) is 0 Å². The summed E-state index contributed by atoms with van der Waals surface area (Å²) in [6.45, 7) is 4.59. The Morgan fingerprint density at radius 2 is 2.25 bits per heavy atom. The molecule has 0 aliphatic carbocycles. The van der Waals surface area contributed by atoms with E-state index in [0.717, 1.165) is 18.5 Å². The summed E-state index contributed by atoms with van der Waals surface area (Å²) in [6.07, 6.45) is 1.67. The number of nitrogens with one attached hydrogen (secondary N) is 1. The summed E-state index contributed by atoms with van der Waals surface area (Å²) in [5.74, 6) is -0.212. The number of rotatable bonds is 3. The van der Waals surface area contributed by atoms with Crippen molar-refractivity contribution in [1.29, 1.82) is 0 Å². The van der Waals surface area contributed by atoms with Crippen LogP contribution in [-0.4, -0.2) is 39.1 Å². The van der Waals surface area contributed by atoms with Crippen LogP contribution < -0.4 is 5.32 Å². The van der Waals surface area contributed by atoms with Crippen molar-refractivity contribution in [3.63, 3.8) is 0 Å². The second-order valence-electron chi connectivity index (χ2n) is 6.25. The summed E-state index contributed by atoms with van der Waals surface area (Å²) < 4.78 is 1.59. The van der Waals surface area contributed by atoms with Gasteiger partial charge in [0.05, 0.1) is 5.69 Å². The molecule has 0 saturated carbocycles. The minimum atomic E-state index is -0.599. The third kappa shape index (κ3) is 3.21. The molecule has 1 N–H and O–H groups in total. The van der Waals surface area contributed by atoms with Gasteiger partial charge in [-0.15, -0.1) is 0 Å². The van der Waals surface area contributed by atoms with Crippen LogP contribution in [0.5, 0.6) is 0 Å². The van der Waals surface area contributed by atoms with Gasteiger partial charge in [0.25, 0.3) is 0 Å². The smallest absolute Gasteiger partial charge is 0.315 e. The molecule has 6 nitrogen and oxygen atoms in total. The van der Waals surface area contributed by atoms with E-state index in [4.69, 9.17) is 0 Å². The van der Waals surface area contributed by atoms with Gasteiger partial charge in [-0.2, -0.15) is 16.4 Å². The highest BCUT2D eigenvalue weighted by Crippen LogP contribution is 2.32. The number of carbonyl (C=O) groups is 2. The zero-order valence-electron chi connectivity index (χ0n) is 14.2. The zero-order chi connectivity index (χ0) is 17.3. The van der Waals surface area contributed by atoms with Crippen molar-refractivity contribution in [2.45, 2.75) is 38.6 Å². The van der Waals surface area contributed by atoms with E-state index < -0.39 is 11.8 Å². The first-order valence-electron chi connectivity index (χ1n) is 8.16. The second-order valence-corrected chi connectivity index (χ2v) is 7.03. The van der Waals surface area contributed by atoms with Crippen LogP contribution in [0.2, 0.25) is 0 Å². The van der Waals surface area contributed by atoms with Gasteiger partial charge in [-0.3, -0.25) is 14.3 Å². The zero-order valence-corrected chi connectivity index (χ0v) is 15.0. The summed E-state index contributed by atoms with van der Waals surface area (Å²) in [5, 5.41) is 11.1.